The molecule has 1 aromatic rings. The summed E-state index contributed by atoms with van der Waals surface area (Å²) in [5, 5.41) is 0. The van der Waals surface area contributed by atoms with Crippen molar-refractivity contribution in [2.24, 2.45) is 5.92 Å². The van der Waals surface area contributed by atoms with Crippen LogP contribution in [0.15, 0.2) is 22.7 Å². The molecule has 1 nitrogen and oxygen atoms in total. The van der Waals surface area contributed by atoms with E-state index in [4.69, 9.17) is 11.6 Å². The normalized spacial score (nSPS) is 16.3. The van der Waals surface area contributed by atoms with Crippen LogP contribution in [-0.4, -0.2) is 12.6 Å². The Kier molecular flexibility index (Phi) is 5.58. The van der Waals surface area contributed by atoms with E-state index in [-0.39, 0.29) is 0 Å². The van der Waals surface area contributed by atoms with Crippen LogP contribution in [0.25, 0.3) is 0 Å². The quantitative estimate of drug-likeness (QED) is 0.629. The lowest BCUT2D eigenvalue weighted by Gasteiger charge is -2.33. The van der Waals surface area contributed by atoms with E-state index in [0.717, 1.165) is 6.54 Å². The summed E-state index contributed by atoms with van der Waals surface area (Å²) < 4.78 is 1.18. The summed E-state index contributed by atoms with van der Waals surface area (Å²) in [6, 6.07) is 7.24. The molecule has 1 aliphatic carbocycles. The lowest BCUT2D eigenvalue weighted by atomic mass is 10.1. The molecule has 0 amide bonds. The van der Waals surface area contributed by atoms with Gasteiger partial charge < -0.3 is 4.90 Å². The first-order chi connectivity index (χ1) is 9.11. The van der Waals surface area contributed by atoms with Crippen molar-refractivity contribution in [2.45, 2.75) is 51.5 Å². The number of hydrogen-bond donors (Lipinski definition) is 0. The third-order valence-electron chi connectivity index (χ3n) is 3.80. The minimum absolute atomic E-state index is 0.576. The highest BCUT2D eigenvalue weighted by molar-refractivity contribution is 9.10. The second kappa shape index (κ2) is 6.99. The van der Waals surface area contributed by atoms with Gasteiger partial charge in [-0.15, -0.1) is 11.6 Å². The minimum atomic E-state index is 0.576. The van der Waals surface area contributed by atoms with Gasteiger partial charge in [-0.3, -0.25) is 0 Å². The predicted octanol–water partition coefficient (Wildman–Crippen LogP) is 5.59. The monoisotopic (exact) mass is 343 g/mol. The minimum Gasteiger partial charge on any atom is -0.367 e. The number of nitrogens with zero attached hydrogens (tertiary/aromatic N) is 1. The molecule has 0 radical (unpaired) electrons. The van der Waals surface area contributed by atoms with Gasteiger partial charge in [0.2, 0.25) is 0 Å². The predicted molar refractivity (Wildman–Crippen MR) is 88.1 cm³/mol. The molecule has 0 aromatic heterocycles. The fraction of sp³-hybridized carbons (Fsp3) is 0.625. The van der Waals surface area contributed by atoms with Crippen LogP contribution in [0, 0.1) is 5.92 Å². The highest BCUT2D eigenvalue weighted by Crippen LogP contribution is 2.34. The Morgan fingerprint density at radius 1 is 1.32 bits per heavy atom. The Morgan fingerprint density at radius 2 is 2.00 bits per heavy atom. The van der Waals surface area contributed by atoms with E-state index in [1.165, 1.54) is 41.4 Å². The lowest BCUT2D eigenvalue weighted by Crippen LogP contribution is -2.36. The lowest BCUT2D eigenvalue weighted by molar-refractivity contribution is 0.535. The van der Waals surface area contributed by atoms with Crippen LogP contribution in [-0.2, 0) is 5.88 Å². The van der Waals surface area contributed by atoms with Crippen LogP contribution >= 0.6 is 27.5 Å². The third-order valence-corrected chi connectivity index (χ3v) is 4.75. The van der Waals surface area contributed by atoms with Gasteiger partial charge in [0.05, 0.1) is 5.69 Å². The summed E-state index contributed by atoms with van der Waals surface area (Å²) in [7, 11) is 0. The molecule has 0 saturated heterocycles. The molecule has 0 atom stereocenters. The molecular weight excluding hydrogens is 322 g/mol. The highest BCUT2D eigenvalue weighted by atomic mass is 79.9. The van der Waals surface area contributed by atoms with Gasteiger partial charge in [-0.05, 0) is 52.4 Å². The maximum absolute atomic E-state index is 5.91. The molecule has 3 heteroatoms. The summed E-state index contributed by atoms with van der Waals surface area (Å²) >= 11 is 9.63. The van der Waals surface area contributed by atoms with Crippen molar-refractivity contribution >= 4 is 33.2 Å². The van der Waals surface area contributed by atoms with E-state index in [1.807, 2.05) is 0 Å². The highest BCUT2D eigenvalue weighted by Gasteiger charge is 2.24. The van der Waals surface area contributed by atoms with Gasteiger partial charge in [-0.2, -0.15) is 0 Å². The Balaban J connectivity index is 2.26. The number of alkyl halides is 1. The second-order valence-corrected chi connectivity index (χ2v) is 7.03. The largest absolute Gasteiger partial charge is 0.367 e. The van der Waals surface area contributed by atoms with Crippen molar-refractivity contribution in [3.8, 4) is 0 Å². The zero-order chi connectivity index (χ0) is 13.8. The number of anilines is 1. The summed E-state index contributed by atoms with van der Waals surface area (Å²) in [5.74, 6) is 1.26. The maximum Gasteiger partial charge on any atom is 0.0513 e. The standard InChI is InChI=1S/C16H23BrClN/c1-12(2)11-19(14-5-3-4-6-14)16-8-7-13(10-18)9-15(16)17/h7-9,12,14H,3-6,10-11H2,1-2H3. The van der Waals surface area contributed by atoms with Crippen molar-refractivity contribution in [1.82, 2.24) is 0 Å². The zero-order valence-corrected chi connectivity index (χ0v) is 14.2. The van der Waals surface area contributed by atoms with E-state index in [2.05, 4.69) is 52.9 Å². The fourth-order valence-electron chi connectivity index (χ4n) is 2.92. The van der Waals surface area contributed by atoms with Gasteiger partial charge in [0.1, 0.15) is 0 Å². The van der Waals surface area contributed by atoms with Crippen LogP contribution in [0.1, 0.15) is 45.1 Å². The molecule has 1 saturated carbocycles. The van der Waals surface area contributed by atoms with Crippen LogP contribution in [0.4, 0.5) is 5.69 Å². The van der Waals surface area contributed by atoms with Crippen molar-refractivity contribution in [1.29, 1.82) is 0 Å². The van der Waals surface area contributed by atoms with Crippen molar-refractivity contribution in [3.05, 3.63) is 28.2 Å². The van der Waals surface area contributed by atoms with E-state index >= 15 is 0 Å². The second-order valence-electron chi connectivity index (χ2n) is 5.90. The summed E-state index contributed by atoms with van der Waals surface area (Å²) in [4.78, 5) is 2.60. The first-order valence-corrected chi connectivity index (χ1v) is 8.55. The molecule has 2 rings (SSSR count). The smallest absolute Gasteiger partial charge is 0.0513 e. The zero-order valence-electron chi connectivity index (χ0n) is 11.8. The summed E-state index contributed by atoms with van der Waals surface area (Å²) in [6.45, 7) is 5.72. The molecule has 0 bridgehead atoms. The molecule has 1 fully saturated rings. The van der Waals surface area contributed by atoms with Gasteiger partial charge in [0.15, 0.2) is 0 Å². The maximum atomic E-state index is 5.91. The Morgan fingerprint density at radius 3 is 2.53 bits per heavy atom. The van der Waals surface area contributed by atoms with Crippen LogP contribution in [0.3, 0.4) is 0 Å². The van der Waals surface area contributed by atoms with Crippen molar-refractivity contribution in [3.63, 3.8) is 0 Å². The molecule has 106 valence electrons. The number of benzene rings is 1. The molecule has 0 heterocycles. The van der Waals surface area contributed by atoms with E-state index in [9.17, 15) is 0 Å². The van der Waals surface area contributed by atoms with E-state index in [1.54, 1.807) is 0 Å². The van der Waals surface area contributed by atoms with Gasteiger partial charge in [0.25, 0.3) is 0 Å². The SMILES string of the molecule is CC(C)CN(c1ccc(CCl)cc1Br)C1CCCC1. The molecule has 1 aliphatic rings. The molecule has 19 heavy (non-hydrogen) atoms. The average Bonchev–Trinajstić information content (AvgIpc) is 2.89. The Bertz CT molecular complexity index is 413. The molecular formula is C16H23BrClN. The molecule has 1 aromatic carbocycles. The van der Waals surface area contributed by atoms with Crippen molar-refractivity contribution < 1.29 is 0 Å². The van der Waals surface area contributed by atoms with Crippen LogP contribution in [0.5, 0.6) is 0 Å². The average molecular weight is 345 g/mol. The fourth-order valence-corrected chi connectivity index (χ4v) is 3.74. The van der Waals surface area contributed by atoms with Gasteiger partial charge in [-0.1, -0.05) is 32.8 Å². The van der Waals surface area contributed by atoms with Crippen LogP contribution in [0.2, 0.25) is 0 Å². The summed E-state index contributed by atoms with van der Waals surface area (Å²) in [6.07, 6.45) is 5.40. The van der Waals surface area contributed by atoms with Crippen molar-refractivity contribution in [2.75, 3.05) is 11.4 Å². The van der Waals surface area contributed by atoms with Gasteiger partial charge in [0, 0.05) is 22.9 Å². The van der Waals surface area contributed by atoms with E-state index < -0.39 is 0 Å². The Hall–Kier alpha value is -0.210. The number of halogens is 2. The Labute approximate surface area is 130 Å². The first-order valence-electron chi connectivity index (χ1n) is 7.23. The topological polar surface area (TPSA) is 3.24 Å². The molecule has 0 spiro atoms. The molecule has 0 unspecified atom stereocenters. The van der Waals surface area contributed by atoms with E-state index in [0.29, 0.717) is 17.8 Å². The first kappa shape index (κ1) is 15.2. The van der Waals surface area contributed by atoms with Gasteiger partial charge >= 0.3 is 0 Å². The third kappa shape index (κ3) is 3.88. The number of rotatable bonds is 5. The van der Waals surface area contributed by atoms with Gasteiger partial charge in [-0.25, -0.2) is 0 Å². The van der Waals surface area contributed by atoms with Crippen LogP contribution < -0.4 is 4.90 Å². The molecule has 0 N–H and O–H groups in total. The molecule has 0 aliphatic heterocycles. The number of hydrogen-bond acceptors (Lipinski definition) is 1. The summed E-state index contributed by atoms with van der Waals surface area (Å²) in [5.41, 5.74) is 2.50.